The van der Waals surface area contributed by atoms with Crippen LogP contribution >= 0.6 is 43.2 Å². The summed E-state index contributed by atoms with van der Waals surface area (Å²) in [5.74, 6) is 1.04. The van der Waals surface area contributed by atoms with Crippen molar-refractivity contribution >= 4 is 49.0 Å². The molecule has 0 saturated heterocycles. The first kappa shape index (κ1) is 11.1. The molecular formula is C10H6Br2O2S. The lowest BCUT2D eigenvalue weighted by molar-refractivity contribution is 0.101. The van der Waals surface area contributed by atoms with Crippen LogP contribution in [0.15, 0.2) is 30.9 Å². The van der Waals surface area contributed by atoms with Crippen LogP contribution in [0.3, 0.4) is 0 Å². The fraction of sp³-hybridized carbons (Fsp3) is 0.100. The van der Waals surface area contributed by atoms with Gasteiger partial charge in [0, 0.05) is 4.47 Å². The van der Waals surface area contributed by atoms with Crippen molar-refractivity contribution in [1.29, 1.82) is 0 Å². The Bertz CT molecular complexity index is 494. The molecule has 0 bridgehead atoms. The van der Waals surface area contributed by atoms with Gasteiger partial charge in [-0.1, -0.05) is 0 Å². The van der Waals surface area contributed by atoms with E-state index in [1.807, 2.05) is 6.92 Å². The number of furan rings is 1. The molecule has 0 aromatic carbocycles. The molecule has 0 aliphatic rings. The van der Waals surface area contributed by atoms with Gasteiger partial charge in [0.15, 0.2) is 5.76 Å². The van der Waals surface area contributed by atoms with E-state index in [-0.39, 0.29) is 5.78 Å². The molecular weight excluding hydrogens is 344 g/mol. The molecule has 0 fully saturated rings. The van der Waals surface area contributed by atoms with E-state index in [4.69, 9.17) is 4.42 Å². The molecule has 0 radical (unpaired) electrons. The van der Waals surface area contributed by atoms with Crippen LogP contribution in [0.5, 0.6) is 0 Å². The van der Waals surface area contributed by atoms with Gasteiger partial charge in [0.05, 0.1) is 8.66 Å². The number of carbonyl (C=O) groups is 1. The number of ketones is 1. The van der Waals surface area contributed by atoms with E-state index in [0.29, 0.717) is 10.6 Å². The highest BCUT2D eigenvalue weighted by atomic mass is 79.9. The van der Waals surface area contributed by atoms with Crippen LogP contribution in [0.25, 0.3) is 0 Å². The van der Waals surface area contributed by atoms with Crippen LogP contribution < -0.4 is 0 Å². The maximum absolute atomic E-state index is 11.9. The number of aryl methyl sites for hydroxylation is 1. The maximum Gasteiger partial charge on any atom is 0.238 e. The van der Waals surface area contributed by atoms with Gasteiger partial charge in [-0.05, 0) is 57.0 Å². The van der Waals surface area contributed by atoms with Gasteiger partial charge in [-0.3, -0.25) is 4.79 Å². The molecule has 2 heterocycles. The molecule has 2 aromatic heterocycles. The van der Waals surface area contributed by atoms with Crippen molar-refractivity contribution in [2.45, 2.75) is 6.92 Å². The fourth-order valence-electron chi connectivity index (χ4n) is 1.14. The second kappa shape index (κ2) is 4.23. The number of hydrogen-bond donors (Lipinski definition) is 0. The molecule has 0 saturated carbocycles. The smallest absolute Gasteiger partial charge is 0.238 e. The van der Waals surface area contributed by atoms with Crippen molar-refractivity contribution < 1.29 is 9.21 Å². The minimum Gasteiger partial charge on any atom is -0.458 e. The molecule has 0 amide bonds. The third kappa shape index (κ3) is 2.24. The molecule has 0 unspecified atom stereocenters. The highest BCUT2D eigenvalue weighted by Crippen LogP contribution is 2.33. The highest BCUT2D eigenvalue weighted by molar-refractivity contribution is 9.13. The molecule has 2 nitrogen and oxygen atoms in total. The summed E-state index contributed by atoms with van der Waals surface area (Å²) in [7, 11) is 0. The second-order valence-electron chi connectivity index (χ2n) is 2.97. The minimum absolute atomic E-state index is 0.0838. The second-order valence-corrected chi connectivity index (χ2v) is 6.20. The Morgan fingerprint density at radius 1 is 1.40 bits per heavy atom. The lowest BCUT2D eigenvalue weighted by Gasteiger charge is -1.91. The van der Waals surface area contributed by atoms with Gasteiger partial charge in [0.2, 0.25) is 5.78 Å². The van der Waals surface area contributed by atoms with E-state index >= 15 is 0 Å². The van der Waals surface area contributed by atoms with Crippen LogP contribution in [-0.2, 0) is 0 Å². The average Bonchev–Trinajstić information content (AvgIpc) is 2.74. The van der Waals surface area contributed by atoms with Crippen LogP contribution in [-0.4, -0.2) is 5.78 Å². The topological polar surface area (TPSA) is 30.2 Å². The lowest BCUT2D eigenvalue weighted by atomic mass is 10.2. The summed E-state index contributed by atoms with van der Waals surface area (Å²) < 4.78 is 7.07. The predicted molar refractivity (Wildman–Crippen MR) is 66.6 cm³/mol. The fourth-order valence-corrected chi connectivity index (χ4v) is 3.12. The van der Waals surface area contributed by atoms with E-state index < -0.39 is 0 Å². The summed E-state index contributed by atoms with van der Waals surface area (Å²) >= 11 is 8.08. The summed E-state index contributed by atoms with van der Waals surface area (Å²) in [6, 6.07) is 5.26. The molecule has 0 spiro atoms. The Morgan fingerprint density at radius 3 is 2.60 bits per heavy atom. The lowest BCUT2D eigenvalue weighted by Crippen LogP contribution is -1.95. The minimum atomic E-state index is -0.0838. The standard InChI is InChI=1S/C10H6Br2O2S/c1-5-2-3-7(14-5)9(13)8-4-6(11)10(12)15-8/h2-4H,1H3. The highest BCUT2D eigenvalue weighted by Gasteiger charge is 2.16. The SMILES string of the molecule is Cc1ccc(C(=O)c2cc(Br)c(Br)s2)o1. The Hall–Kier alpha value is -0.390. The average molecular weight is 350 g/mol. The summed E-state index contributed by atoms with van der Waals surface area (Å²) in [6.07, 6.45) is 0. The number of thiophene rings is 1. The van der Waals surface area contributed by atoms with E-state index in [1.165, 1.54) is 11.3 Å². The molecule has 0 atom stereocenters. The van der Waals surface area contributed by atoms with E-state index in [9.17, 15) is 4.79 Å². The molecule has 78 valence electrons. The van der Waals surface area contributed by atoms with Crippen molar-refractivity contribution in [2.75, 3.05) is 0 Å². The van der Waals surface area contributed by atoms with Crippen molar-refractivity contribution in [3.63, 3.8) is 0 Å². The molecule has 2 rings (SSSR count). The van der Waals surface area contributed by atoms with Gasteiger partial charge >= 0.3 is 0 Å². The Kier molecular flexibility index (Phi) is 3.13. The first-order valence-corrected chi connectivity index (χ1v) is 6.54. The van der Waals surface area contributed by atoms with Gasteiger partial charge in [-0.15, -0.1) is 11.3 Å². The zero-order valence-electron chi connectivity index (χ0n) is 7.71. The number of hydrogen-bond acceptors (Lipinski definition) is 3. The predicted octanol–water partition coefficient (Wildman–Crippen LogP) is 4.41. The van der Waals surface area contributed by atoms with Crippen LogP contribution in [0.1, 0.15) is 21.2 Å². The van der Waals surface area contributed by atoms with Crippen LogP contribution in [0, 0.1) is 6.92 Å². The van der Waals surface area contributed by atoms with Crippen molar-refractivity contribution in [1.82, 2.24) is 0 Å². The van der Waals surface area contributed by atoms with E-state index in [1.54, 1.807) is 18.2 Å². The molecule has 0 aliphatic heterocycles. The zero-order chi connectivity index (χ0) is 11.0. The largest absolute Gasteiger partial charge is 0.458 e. The molecule has 0 N–H and O–H groups in total. The summed E-state index contributed by atoms with van der Waals surface area (Å²) in [6.45, 7) is 1.82. The number of halogens is 2. The van der Waals surface area contributed by atoms with Gasteiger partial charge < -0.3 is 4.42 Å². The maximum atomic E-state index is 11.9. The summed E-state index contributed by atoms with van der Waals surface area (Å²) in [5.41, 5.74) is 0. The Labute approximate surface area is 108 Å². The quantitative estimate of drug-likeness (QED) is 0.752. The molecule has 0 aliphatic carbocycles. The first-order valence-electron chi connectivity index (χ1n) is 4.14. The molecule has 15 heavy (non-hydrogen) atoms. The first-order chi connectivity index (χ1) is 7.08. The van der Waals surface area contributed by atoms with Crippen molar-refractivity contribution in [3.8, 4) is 0 Å². The molecule has 5 heteroatoms. The number of rotatable bonds is 2. The normalized spacial score (nSPS) is 10.6. The Balaban J connectivity index is 2.36. The van der Waals surface area contributed by atoms with E-state index in [0.717, 1.165) is 14.0 Å². The third-order valence-corrected chi connectivity index (χ3v) is 5.09. The van der Waals surface area contributed by atoms with Gasteiger partial charge in [0.1, 0.15) is 5.76 Å². The summed E-state index contributed by atoms with van der Waals surface area (Å²) in [5, 5.41) is 0. The number of carbonyl (C=O) groups excluding carboxylic acids is 1. The molecule has 2 aromatic rings. The van der Waals surface area contributed by atoms with Gasteiger partial charge in [-0.25, -0.2) is 0 Å². The Morgan fingerprint density at radius 2 is 2.13 bits per heavy atom. The third-order valence-electron chi connectivity index (χ3n) is 1.83. The van der Waals surface area contributed by atoms with Crippen molar-refractivity contribution in [3.05, 3.63) is 42.9 Å². The zero-order valence-corrected chi connectivity index (χ0v) is 11.7. The van der Waals surface area contributed by atoms with Crippen molar-refractivity contribution in [2.24, 2.45) is 0 Å². The van der Waals surface area contributed by atoms with Gasteiger partial charge in [0.25, 0.3) is 0 Å². The van der Waals surface area contributed by atoms with Crippen LogP contribution in [0.4, 0.5) is 0 Å². The van der Waals surface area contributed by atoms with Crippen LogP contribution in [0.2, 0.25) is 0 Å². The van der Waals surface area contributed by atoms with Gasteiger partial charge in [-0.2, -0.15) is 0 Å². The summed E-state index contributed by atoms with van der Waals surface area (Å²) in [4.78, 5) is 12.6. The monoisotopic (exact) mass is 348 g/mol. The van der Waals surface area contributed by atoms with E-state index in [2.05, 4.69) is 31.9 Å².